The van der Waals surface area contributed by atoms with Gasteiger partial charge in [-0.2, -0.15) is 23.7 Å². The van der Waals surface area contributed by atoms with Gasteiger partial charge in [0.2, 0.25) is 0 Å². The highest BCUT2D eigenvalue weighted by Crippen LogP contribution is 2.47. The van der Waals surface area contributed by atoms with Crippen LogP contribution in [0, 0.1) is 78.1 Å². The van der Waals surface area contributed by atoms with E-state index < -0.39 is 11.7 Å². The van der Waals surface area contributed by atoms with Gasteiger partial charge in [0.1, 0.15) is 0 Å². The third kappa shape index (κ3) is 8.40. The van der Waals surface area contributed by atoms with Gasteiger partial charge in [0, 0.05) is 27.1 Å². The summed E-state index contributed by atoms with van der Waals surface area (Å²) >= 11 is 0. The number of aryl methyl sites for hydroxylation is 8. The van der Waals surface area contributed by atoms with Crippen LogP contribution in [0.3, 0.4) is 0 Å². The van der Waals surface area contributed by atoms with E-state index in [0.717, 1.165) is 145 Å². The van der Waals surface area contributed by atoms with E-state index in [-0.39, 0.29) is 11.1 Å². The molecule has 0 unspecified atom stereocenters. The Morgan fingerprint density at radius 3 is 0.923 bits per heavy atom. The number of nitriles is 2. The van der Waals surface area contributed by atoms with Crippen molar-refractivity contribution in [3.05, 3.63) is 237 Å². The monoisotopic (exact) mass is 1020 g/mol. The largest absolute Gasteiger partial charge is 0.416 e. The first-order chi connectivity index (χ1) is 37.5. The molecule has 2 aromatic heterocycles. The zero-order valence-corrected chi connectivity index (χ0v) is 44.7. The lowest BCUT2D eigenvalue weighted by Gasteiger charge is -2.22. The zero-order chi connectivity index (χ0) is 54.5. The normalized spacial score (nSPS) is 11.8. The number of alkyl halides is 3. The van der Waals surface area contributed by atoms with E-state index in [1.54, 1.807) is 18.2 Å². The predicted octanol–water partition coefficient (Wildman–Crippen LogP) is 19.4. The van der Waals surface area contributed by atoms with Crippen LogP contribution in [0.1, 0.15) is 61.2 Å². The van der Waals surface area contributed by atoms with Crippen molar-refractivity contribution in [2.45, 2.75) is 61.6 Å². The minimum absolute atomic E-state index is 0.141. The molecule has 0 aliphatic carbocycles. The number of rotatable bonds is 7. The van der Waals surface area contributed by atoms with Crippen LogP contribution in [0.5, 0.6) is 0 Å². The lowest BCUT2D eigenvalue weighted by molar-refractivity contribution is -0.137. The van der Waals surface area contributed by atoms with Crippen LogP contribution in [-0.2, 0) is 6.18 Å². The fraction of sp³-hybridized carbons (Fsp3) is 0.127. The molecule has 12 aromatic rings. The van der Waals surface area contributed by atoms with Crippen molar-refractivity contribution >= 4 is 43.6 Å². The second kappa shape index (κ2) is 18.7. The summed E-state index contributed by atoms with van der Waals surface area (Å²) in [5, 5.41) is 25.4. The average Bonchev–Trinajstić information content (AvgIpc) is 4.13. The quantitative estimate of drug-likeness (QED) is 0.160. The molecule has 0 atom stereocenters. The molecule has 2 heterocycles. The van der Waals surface area contributed by atoms with Crippen LogP contribution < -0.4 is 0 Å². The van der Waals surface area contributed by atoms with Crippen LogP contribution in [0.2, 0.25) is 0 Å². The molecule has 0 fully saturated rings. The molecule has 7 heteroatoms. The summed E-state index contributed by atoms with van der Waals surface area (Å²) in [5.41, 5.74) is 21.6. The number of benzene rings is 10. The Morgan fingerprint density at radius 2 is 0.641 bits per heavy atom. The second-order valence-electron chi connectivity index (χ2n) is 21.3. The van der Waals surface area contributed by atoms with Crippen LogP contribution in [0.4, 0.5) is 13.2 Å². The van der Waals surface area contributed by atoms with Gasteiger partial charge >= 0.3 is 6.18 Å². The first kappa shape index (κ1) is 49.4. The Bertz CT molecular complexity index is 4140. The van der Waals surface area contributed by atoms with Gasteiger partial charge in [-0.15, -0.1) is 0 Å². The van der Waals surface area contributed by atoms with E-state index in [2.05, 4.69) is 222 Å². The molecule has 12 rings (SSSR count). The molecule has 378 valence electrons. The molecular formula is C71H53F3N4. The second-order valence-corrected chi connectivity index (χ2v) is 21.3. The molecule has 78 heavy (non-hydrogen) atoms. The molecule has 0 bridgehead atoms. The number of hydrogen-bond acceptors (Lipinski definition) is 2. The van der Waals surface area contributed by atoms with Crippen molar-refractivity contribution in [2.75, 3.05) is 0 Å². The van der Waals surface area contributed by atoms with Crippen LogP contribution in [-0.4, -0.2) is 9.13 Å². The highest BCUT2D eigenvalue weighted by molar-refractivity contribution is 6.14. The topological polar surface area (TPSA) is 57.4 Å². The van der Waals surface area contributed by atoms with E-state index >= 15 is 13.2 Å². The molecule has 0 spiro atoms. The van der Waals surface area contributed by atoms with Crippen molar-refractivity contribution in [3.63, 3.8) is 0 Å². The maximum Gasteiger partial charge on any atom is 0.416 e. The van der Waals surface area contributed by atoms with E-state index in [1.165, 1.54) is 0 Å². The van der Waals surface area contributed by atoms with Gasteiger partial charge in [0.25, 0.3) is 0 Å². The highest BCUT2D eigenvalue weighted by atomic mass is 19.4. The fourth-order valence-electron chi connectivity index (χ4n) is 12.1. The standard InChI is InChI=1S/C71H53F3N4/c1-40-9-17-56(44(5)25-40)50-13-21-64-60(34-50)61-35-51(57-18-10-41(2)26-45(57)6)14-22-65(61)77(64)68-31-49(39-76)32-69(70(68)54-29-48(38-75)30-55(33-54)71(72,73)74)78-66-23-15-52(58-19-11-42(3)27-46(58)7)36-62(66)63-37-53(16-24-67(63)78)59-20-12-43(4)28-47(59)8/h9-37H,1-8H3. The summed E-state index contributed by atoms with van der Waals surface area (Å²) in [6.45, 7) is 16.8. The third-order valence-corrected chi connectivity index (χ3v) is 15.7. The van der Waals surface area contributed by atoms with E-state index in [9.17, 15) is 10.5 Å². The van der Waals surface area contributed by atoms with Crippen molar-refractivity contribution in [2.24, 2.45) is 0 Å². The summed E-state index contributed by atoms with van der Waals surface area (Å²) in [7, 11) is 0. The maximum absolute atomic E-state index is 15.2. The Labute approximate surface area is 452 Å². The van der Waals surface area contributed by atoms with Crippen LogP contribution in [0.15, 0.2) is 176 Å². The van der Waals surface area contributed by atoms with E-state index in [1.807, 2.05) is 0 Å². The van der Waals surface area contributed by atoms with E-state index in [4.69, 9.17) is 0 Å². The van der Waals surface area contributed by atoms with Crippen molar-refractivity contribution in [1.29, 1.82) is 10.5 Å². The van der Waals surface area contributed by atoms with Gasteiger partial charge < -0.3 is 9.13 Å². The molecule has 0 saturated carbocycles. The lowest BCUT2D eigenvalue weighted by atomic mass is 9.94. The highest BCUT2D eigenvalue weighted by Gasteiger charge is 2.33. The molecule has 0 aliphatic heterocycles. The maximum atomic E-state index is 15.2. The van der Waals surface area contributed by atoms with E-state index in [0.29, 0.717) is 22.5 Å². The van der Waals surface area contributed by atoms with Gasteiger partial charge in [0.05, 0.1) is 62.3 Å². The molecule has 10 aromatic carbocycles. The lowest BCUT2D eigenvalue weighted by Crippen LogP contribution is -2.08. The minimum Gasteiger partial charge on any atom is -0.308 e. The summed E-state index contributed by atoms with van der Waals surface area (Å²) in [6.07, 6.45) is -4.78. The molecular weight excluding hydrogens is 966 g/mol. The van der Waals surface area contributed by atoms with Gasteiger partial charge in [-0.05, 0) is 207 Å². The van der Waals surface area contributed by atoms with Gasteiger partial charge in [0.15, 0.2) is 0 Å². The van der Waals surface area contributed by atoms with Gasteiger partial charge in [-0.25, -0.2) is 0 Å². The van der Waals surface area contributed by atoms with Gasteiger partial charge in [-0.3, -0.25) is 0 Å². The Hall–Kier alpha value is -9.43. The Balaban J connectivity index is 1.23. The number of aromatic nitrogens is 2. The summed E-state index contributed by atoms with van der Waals surface area (Å²) in [5.74, 6) is 0. The predicted molar refractivity (Wildman–Crippen MR) is 315 cm³/mol. The molecule has 0 radical (unpaired) electrons. The first-order valence-corrected chi connectivity index (χ1v) is 26.1. The number of hydrogen-bond donors (Lipinski definition) is 0. The smallest absolute Gasteiger partial charge is 0.308 e. The zero-order valence-electron chi connectivity index (χ0n) is 44.7. The summed E-state index contributed by atoms with van der Waals surface area (Å²) in [6, 6.07) is 63.0. The van der Waals surface area contributed by atoms with Crippen LogP contribution in [0.25, 0.3) is 111 Å². The third-order valence-electron chi connectivity index (χ3n) is 15.7. The first-order valence-electron chi connectivity index (χ1n) is 26.1. The molecule has 0 amide bonds. The molecule has 0 saturated heterocycles. The van der Waals surface area contributed by atoms with Crippen molar-refractivity contribution in [1.82, 2.24) is 9.13 Å². The summed E-state index contributed by atoms with van der Waals surface area (Å²) < 4.78 is 49.9. The van der Waals surface area contributed by atoms with Crippen LogP contribution >= 0.6 is 0 Å². The molecule has 4 nitrogen and oxygen atoms in total. The number of nitrogens with zero attached hydrogens (tertiary/aromatic N) is 4. The number of halogens is 3. The number of fused-ring (bicyclic) bond motifs is 6. The SMILES string of the molecule is Cc1ccc(-c2ccc3c(c2)c2cc(-c4ccc(C)cc4C)ccc2n3-c2cc(C#N)cc(-n3c4ccc(-c5ccc(C)cc5C)cc4c4cc(-c5ccc(C)cc5C)ccc43)c2-c2cc(C#N)cc(C(F)(F)F)c2)c(C)c1. The van der Waals surface area contributed by atoms with Gasteiger partial charge in [-0.1, -0.05) is 119 Å². The summed E-state index contributed by atoms with van der Waals surface area (Å²) in [4.78, 5) is 0. The fourth-order valence-corrected chi connectivity index (χ4v) is 12.1. The minimum atomic E-state index is -4.78. The molecule has 0 aliphatic rings. The van der Waals surface area contributed by atoms with Crippen molar-refractivity contribution < 1.29 is 13.2 Å². The average molecular weight is 1020 g/mol. The van der Waals surface area contributed by atoms with Crippen molar-refractivity contribution in [3.8, 4) is 79.1 Å². The Morgan fingerprint density at radius 1 is 0.333 bits per heavy atom. The molecule has 0 N–H and O–H groups in total. The Kier molecular flexibility index (Phi) is 11.8.